The standard InChI is InChI=1S/C11H15NO2/c1-3-8(2)9-6-4-5-7-10(9)11(13)12-14/h4-8,14H,3H2,1-2H3,(H,12,13). The number of nitrogens with one attached hydrogen (secondary N) is 1. The first-order valence-corrected chi connectivity index (χ1v) is 4.74. The van der Waals surface area contributed by atoms with Gasteiger partial charge in [-0.15, -0.1) is 0 Å². The SMILES string of the molecule is CCC(C)c1ccccc1C(=O)NO. The maximum atomic E-state index is 11.3. The minimum absolute atomic E-state index is 0.323. The van der Waals surface area contributed by atoms with Gasteiger partial charge in [0.05, 0.1) is 0 Å². The molecule has 0 aliphatic carbocycles. The second-order valence-corrected chi connectivity index (χ2v) is 3.34. The van der Waals surface area contributed by atoms with E-state index in [-0.39, 0.29) is 0 Å². The van der Waals surface area contributed by atoms with E-state index in [1.807, 2.05) is 12.1 Å². The molecule has 14 heavy (non-hydrogen) atoms. The van der Waals surface area contributed by atoms with Crippen molar-refractivity contribution in [2.24, 2.45) is 0 Å². The zero-order valence-corrected chi connectivity index (χ0v) is 8.45. The van der Waals surface area contributed by atoms with E-state index in [9.17, 15) is 4.79 Å². The fourth-order valence-corrected chi connectivity index (χ4v) is 1.41. The van der Waals surface area contributed by atoms with Crippen molar-refractivity contribution in [1.29, 1.82) is 0 Å². The van der Waals surface area contributed by atoms with Gasteiger partial charge in [0.15, 0.2) is 0 Å². The molecular formula is C11H15NO2. The fourth-order valence-electron chi connectivity index (χ4n) is 1.41. The maximum absolute atomic E-state index is 11.3. The molecule has 76 valence electrons. The van der Waals surface area contributed by atoms with Crippen molar-refractivity contribution in [3.8, 4) is 0 Å². The van der Waals surface area contributed by atoms with Crippen molar-refractivity contribution in [2.75, 3.05) is 0 Å². The lowest BCUT2D eigenvalue weighted by Crippen LogP contribution is -2.20. The number of benzene rings is 1. The van der Waals surface area contributed by atoms with Gasteiger partial charge in [-0.25, -0.2) is 5.48 Å². The Morgan fingerprint density at radius 2 is 2.14 bits per heavy atom. The molecule has 1 aromatic carbocycles. The molecule has 0 spiro atoms. The van der Waals surface area contributed by atoms with Gasteiger partial charge < -0.3 is 0 Å². The molecule has 0 heterocycles. The number of hydrogen-bond acceptors (Lipinski definition) is 2. The van der Waals surface area contributed by atoms with Crippen LogP contribution in [0.1, 0.15) is 42.1 Å². The van der Waals surface area contributed by atoms with Gasteiger partial charge in [0.25, 0.3) is 5.91 Å². The summed E-state index contributed by atoms with van der Waals surface area (Å²) in [5, 5.41) is 8.57. The van der Waals surface area contributed by atoms with Crippen molar-refractivity contribution in [2.45, 2.75) is 26.2 Å². The summed E-state index contributed by atoms with van der Waals surface area (Å²) in [5.41, 5.74) is 3.18. The van der Waals surface area contributed by atoms with Crippen molar-refractivity contribution in [1.82, 2.24) is 5.48 Å². The zero-order chi connectivity index (χ0) is 10.6. The highest BCUT2D eigenvalue weighted by Crippen LogP contribution is 2.22. The molecule has 2 N–H and O–H groups in total. The molecule has 1 atom stereocenters. The van der Waals surface area contributed by atoms with Gasteiger partial charge in [0.1, 0.15) is 0 Å². The largest absolute Gasteiger partial charge is 0.288 e. The van der Waals surface area contributed by atoms with E-state index in [0.29, 0.717) is 11.5 Å². The summed E-state index contributed by atoms with van der Waals surface area (Å²) in [6.07, 6.45) is 0.968. The summed E-state index contributed by atoms with van der Waals surface area (Å²) in [5.74, 6) is -0.121. The average molecular weight is 193 g/mol. The van der Waals surface area contributed by atoms with Crippen LogP contribution in [-0.4, -0.2) is 11.1 Å². The van der Waals surface area contributed by atoms with Crippen LogP contribution >= 0.6 is 0 Å². The van der Waals surface area contributed by atoms with Crippen molar-refractivity contribution in [3.63, 3.8) is 0 Å². The third kappa shape index (κ3) is 2.12. The highest BCUT2D eigenvalue weighted by atomic mass is 16.5. The van der Waals surface area contributed by atoms with Gasteiger partial charge in [-0.2, -0.15) is 0 Å². The number of carbonyl (C=O) groups is 1. The van der Waals surface area contributed by atoms with Crippen LogP contribution in [0, 0.1) is 0 Å². The first-order chi connectivity index (χ1) is 6.70. The molecule has 0 bridgehead atoms. The predicted molar refractivity (Wildman–Crippen MR) is 54.4 cm³/mol. The Morgan fingerprint density at radius 3 is 2.71 bits per heavy atom. The Balaban J connectivity index is 3.09. The van der Waals surface area contributed by atoms with E-state index >= 15 is 0 Å². The van der Waals surface area contributed by atoms with Crippen LogP contribution in [0.3, 0.4) is 0 Å². The lowest BCUT2D eigenvalue weighted by Gasteiger charge is -2.12. The Bertz CT molecular complexity index is 323. The normalized spacial score (nSPS) is 12.2. The Hall–Kier alpha value is -1.35. The van der Waals surface area contributed by atoms with Crippen LogP contribution in [0.5, 0.6) is 0 Å². The van der Waals surface area contributed by atoms with Crippen LogP contribution in [0.15, 0.2) is 24.3 Å². The highest BCUT2D eigenvalue weighted by molar-refractivity contribution is 5.95. The number of hydrogen-bond donors (Lipinski definition) is 2. The monoisotopic (exact) mass is 193 g/mol. The van der Waals surface area contributed by atoms with Gasteiger partial charge >= 0.3 is 0 Å². The summed E-state index contributed by atoms with van der Waals surface area (Å²) in [7, 11) is 0. The highest BCUT2D eigenvalue weighted by Gasteiger charge is 2.13. The topological polar surface area (TPSA) is 49.3 Å². The third-order valence-electron chi connectivity index (χ3n) is 2.45. The van der Waals surface area contributed by atoms with E-state index in [2.05, 4.69) is 13.8 Å². The lowest BCUT2D eigenvalue weighted by atomic mass is 9.93. The molecule has 1 aromatic rings. The molecule has 0 aliphatic rings. The van der Waals surface area contributed by atoms with Crippen molar-refractivity contribution in [3.05, 3.63) is 35.4 Å². The first kappa shape index (κ1) is 10.7. The van der Waals surface area contributed by atoms with Crippen LogP contribution in [0.2, 0.25) is 0 Å². The predicted octanol–water partition coefficient (Wildman–Crippen LogP) is 2.32. The van der Waals surface area contributed by atoms with E-state index in [4.69, 9.17) is 5.21 Å². The van der Waals surface area contributed by atoms with Crippen LogP contribution < -0.4 is 5.48 Å². The van der Waals surface area contributed by atoms with Crippen LogP contribution in [-0.2, 0) is 0 Å². The Labute approximate surface area is 83.7 Å². The van der Waals surface area contributed by atoms with Crippen LogP contribution in [0.4, 0.5) is 0 Å². The summed E-state index contributed by atoms with van der Waals surface area (Å²) < 4.78 is 0. The number of hydroxylamine groups is 1. The Kier molecular flexibility index (Phi) is 3.65. The van der Waals surface area contributed by atoms with Crippen molar-refractivity contribution >= 4 is 5.91 Å². The molecule has 0 radical (unpaired) electrons. The minimum atomic E-state index is -0.444. The van der Waals surface area contributed by atoms with Gasteiger partial charge in [0.2, 0.25) is 0 Å². The molecule has 3 heteroatoms. The molecule has 1 amide bonds. The van der Waals surface area contributed by atoms with Crippen molar-refractivity contribution < 1.29 is 10.0 Å². The van der Waals surface area contributed by atoms with Gasteiger partial charge in [-0.05, 0) is 24.0 Å². The number of rotatable bonds is 3. The number of amides is 1. The van der Waals surface area contributed by atoms with Gasteiger partial charge in [0, 0.05) is 5.56 Å². The minimum Gasteiger partial charge on any atom is -0.288 e. The molecule has 1 rings (SSSR count). The molecular weight excluding hydrogens is 178 g/mol. The Morgan fingerprint density at radius 1 is 1.50 bits per heavy atom. The maximum Gasteiger partial charge on any atom is 0.274 e. The first-order valence-electron chi connectivity index (χ1n) is 4.74. The summed E-state index contributed by atoms with van der Waals surface area (Å²) in [4.78, 5) is 11.3. The second-order valence-electron chi connectivity index (χ2n) is 3.34. The molecule has 0 saturated carbocycles. The fraction of sp³-hybridized carbons (Fsp3) is 0.364. The van der Waals surface area contributed by atoms with E-state index in [0.717, 1.165) is 12.0 Å². The van der Waals surface area contributed by atoms with E-state index in [1.165, 1.54) is 0 Å². The number of carbonyl (C=O) groups excluding carboxylic acids is 1. The molecule has 0 fully saturated rings. The molecule has 0 aliphatic heterocycles. The average Bonchev–Trinajstić information content (AvgIpc) is 2.27. The quantitative estimate of drug-likeness (QED) is 0.571. The third-order valence-corrected chi connectivity index (χ3v) is 2.45. The summed E-state index contributed by atoms with van der Waals surface area (Å²) in [6, 6.07) is 7.32. The molecule has 1 unspecified atom stereocenters. The van der Waals surface area contributed by atoms with Gasteiger partial charge in [-0.3, -0.25) is 10.0 Å². The molecule has 0 saturated heterocycles. The van der Waals surface area contributed by atoms with E-state index < -0.39 is 5.91 Å². The smallest absolute Gasteiger partial charge is 0.274 e. The van der Waals surface area contributed by atoms with E-state index in [1.54, 1.807) is 17.6 Å². The summed E-state index contributed by atoms with van der Waals surface area (Å²) >= 11 is 0. The van der Waals surface area contributed by atoms with Gasteiger partial charge in [-0.1, -0.05) is 32.0 Å². The zero-order valence-electron chi connectivity index (χ0n) is 8.45. The molecule has 0 aromatic heterocycles. The van der Waals surface area contributed by atoms with Crippen LogP contribution in [0.25, 0.3) is 0 Å². The second kappa shape index (κ2) is 4.77. The summed E-state index contributed by atoms with van der Waals surface area (Å²) in [6.45, 7) is 4.13. The lowest BCUT2D eigenvalue weighted by molar-refractivity contribution is 0.0705. The molecule has 3 nitrogen and oxygen atoms in total.